The van der Waals surface area contributed by atoms with Crippen molar-refractivity contribution in [3.8, 4) is 11.4 Å². The van der Waals surface area contributed by atoms with Crippen molar-refractivity contribution in [3.05, 3.63) is 40.6 Å². The summed E-state index contributed by atoms with van der Waals surface area (Å²) in [5, 5.41) is 0. The standard InChI is InChI=1S/C27H40N6O/c1-19-8-6-9-20(2)24(19)25-29-21(3)22(16-32-11-7-10-27(4,5)18-32)26(30-25)33-14-12-31(13-15-33)17-23(28)34/h6,8-9H,7,10-18H2,1-5H3,(H2,28,34). The maximum atomic E-state index is 11.4. The quantitative estimate of drug-likeness (QED) is 0.707. The summed E-state index contributed by atoms with van der Waals surface area (Å²) in [6, 6.07) is 6.35. The first kappa shape index (κ1) is 24.6. The van der Waals surface area contributed by atoms with Gasteiger partial charge in [0.2, 0.25) is 5.91 Å². The van der Waals surface area contributed by atoms with Crippen molar-refractivity contribution in [1.29, 1.82) is 0 Å². The number of nitrogens with two attached hydrogens (primary N) is 1. The number of likely N-dealkylation sites (tertiary alicyclic amines) is 1. The van der Waals surface area contributed by atoms with Crippen LogP contribution in [0, 0.1) is 26.2 Å². The predicted octanol–water partition coefficient (Wildman–Crippen LogP) is 3.30. The number of rotatable bonds is 6. The molecule has 2 aliphatic rings. The third kappa shape index (κ3) is 5.58. The summed E-state index contributed by atoms with van der Waals surface area (Å²) >= 11 is 0. The Kier molecular flexibility index (Phi) is 7.24. The summed E-state index contributed by atoms with van der Waals surface area (Å²) < 4.78 is 0. The molecule has 2 fully saturated rings. The number of amides is 1. The topological polar surface area (TPSA) is 78.6 Å². The van der Waals surface area contributed by atoms with E-state index in [1.165, 1.54) is 29.5 Å². The summed E-state index contributed by atoms with van der Waals surface area (Å²) in [5.41, 5.74) is 11.6. The second kappa shape index (κ2) is 10.0. The van der Waals surface area contributed by atoms with Gasteiger partial charge in [-0.2, -0.15) is 0 Å². The molecule has 7 heteroatoms. The van der Waals surface area contributed by atoms with E-state index in [0.717, 1.165) is 68.7 Å². The second-order valence-electron chi connectivity index (χ2n) is 10.9. The van der Waals surface area contributed by atoms with Gasteiger partial charge < -0.3 is 10.6 Å². The van der Waals surface area contributed by atoms with Crippen LogP contribution in [0.2, 0.25) is 0 Å². The van der Waals surface area contributed by atoms with Crippen LogP contribution in [0.15, 0.2) is 18.2 Å². The zero-order valence-corrected chi connectivity index (χ0v) is 21.5. The van der Waals surface area contributed by atoms with Gasteiger partial charge in [0.05, 0.1) is 6.54 Å². The van der Waals surface area contributed by atoms with Gasteiger partial charge in [0.15, 0.2) is 5.82 Å². The van der Waals surface area contributed by atoms with Gasteiger partial charge in [0.1, 0.15) is 5.82 Å². The van der Waals surface area contributed by atoms with Crippen LogP contribution >= 0.6 is 0 Å². The molecular weight excluding hydrogens is 424 g/mol. The molecule has 0 saturated carbocycles. The lowest BCUT2D eigenvalue weighted by molar-refractivity contribution is -0.119. The number of nitrogens with zero attached hydrogens (tertiary/aromatic N) is 5. The second-order valence-corrected chi connectivity index (χ2v) is 10.9. The van der Waals surface area contributed by atoms with Crippen LogP contribution in [0.5, 0.6) is 0 Å². The highest BCUT2D eigenvalue weighted by Gasteiger charge is 2.29. The van der Waals surface area contributed by atoms with E-state index in [4.69, 9.17) is 15.7 Å². The molecule has 1 amide bonds. The zero-order valence-electron chi connectivity index (χ0n) is 21.5. The van der Waals surface area contributed by atoms with Crippen molar-refractivity contribution in [1.82, 2.24) is 19.8 Å². The molecule has 3 heterocycles. The van der Waals surface area contributed by atoms with Crippen molar-refractivity contribution in [2.75, 3.05) is 50.7 Å². The summed E-state index contributed by atoms with van der Waals surface area (Å²) in [4.78, 5) is 28.7. The number of piperazine rings is 1. The van der Waals surface area contributed by atoms with Gasteiger partial charge in [-0.1, -0.05) is 32.0 Å². The van der Waals surface area contributed by atoms with E-state index >= 15 is 0 Å². The zero-order chi connectivity index (χ0) is 24.5. The number of carbonyl (C=O) groups is 1. The molecule has 0 aliphatic carbocycles. The van der Waals surface area contributed by atoms with Crippen molar-refractivity contribution in [3.63, 3.8) is 0 Å². The minimum atomic E-state index is -0.267. The van der Waals surface area contributed by atoms with Crippen LogP contribution in [0.4, 0.5) is 5.82 Å². The number of aryl methyl sites for hydroxylation is 3. The van der Waals surface area contributed by atoms with Gasteiger partial charge in [-0.25, -0.2) is 9.97 Å². The number of carbonyl (C=O) groups excluding carboxylic acids is 1. The number of aromatic nitrogens is 2. The van der Waals surface area contributed by atoms with Gasteiger partial charge in [-0.05, 0) is 56.7 Å². The average Bonchev–Trinajstić information content (AvgIpc) is 2.75. The monoisotopic (exact) mass is 464 g/mol. The SMILES string of the molecule is Cc1cccc(C)c1-c1nc(C)c(CN2CCCC(C)(C)C2)c(N2CCN(CC(N)=O)CC2)n1. The average molecular weight is 465 g/mol. The van der Waals surface area contributed by atoms with Crippen LogP contribution < -0.4 is 10.6 Å². The van der Waals surface area contributed by atoms with E-state index in [9.17, 15) is 4.79 Å². The minimum Gasteiger partial charge on any atom is -0.369 e. The summed E-state index contributed by atoms with van der Waals surface area (Å²) in [6.07, 6.45) is 2.51. The first-order chi connectivity index (χ1) is 16.1. The minimum absolute atomic E-state index is 0.267. The van der Waals surface area contributed by atoms with E-state index in [1.54, 1.807) is 0 Å². The molecule has 4 rings (SSSR count). The molecule has 2 aromatic rings. The normalized spacial score (nSPS) is 19.4. The molecule has 0 bridgehead atoms. The number of hydrogen-bond acceptors (Lipinski definition) is 6. The van der Waals surface area contributed by atoms with Crippen molar-refractivity contribution in [2.45, 2.75) is 54.0 Å². The Bertz CT molecular complexity index is 1020. The molecule has 2 N–H and O–H groups in total. The van der Waals surface area contributed by atoms with Crippen LogP contribution in [0.1, 0.15) is 49.1 Å². The lowest BCUT2D eigenvalue weighted by Crippen LogP contribution is -2.49. The fourth-order valence-electron chi connectivity index (χ4n) is 5.55. The van der Waals surface area contributed by atoms with Crippen molar-refractivity contribution in [2.24, 2.45) is 11.1 Å². The third-order valence-corrected chi connectivity index (χ3v) is 7.31. The Morgan fingerprint density at radius 1 is 1.00 bits per heavy atom. The van der Waals surface area contributed by atoms with Gasteiger partial charge in [-0.3, -0.25) is 14.6 Å². The molecule has 0 spiro atoms. The molecule has 0 atom stereocenters. The fourth-order valence-corrected chi connectivity index (χ4v) is 5.55. The molecule has 34 heavy (non-hydrogen) atoms. The van der Waals surface area contributed by atoms with Gasteiger partial charge in [0, 0.05) is 56.1 Å². The molecule has 184 valence electrons. The van der Waals surface area contributed by atoms with Gasteiger partial charge in [-0.15, -0.1) is 0 Å². The Morgan fingerprint density at radius 3 is 2.29 bits per heavy atom. The molecule has 0 radical (unpaired) electrons. The van der Waals surface area contributed by atoms with Crippen LogP contribution in [0.25, 0.3) is 11.4 Å². The highest BCUT2D eigenvalue weighted by atomic mass is 16.1. The Hall–Kier alpha value is -2.51. The Balaban J connectivity index is 1.69. The largest absolute Gasteiger partial charge is 0.369 e. The number of piperidine rings is 1. The lowest BCUT2D eigenvalue weighted by atomic mass is 9.84. The predicted molar refractivity (Wildman–Crippen MR) is 138 cm³/mol. The van der Waals surface area contributed by atoms with Gasteiger partial charge in [0.25, 0.3) is 0 Å². The van der Waals surface area contributed by atoms with Crippen LogP contribution in [0.3, 0.4) is 0 Å². The fraction of sp³-hybridized carbons (Fsp3) is 0.593. The molecule has 7 nitrogen and oxygen atoms in total. The van der Waals surface area contributed by atoms with Crippen LogP contribution in [-0.4, -0.2) is 71.5 Å². The highest BCUT2D eigenvalue weighted by molar-refractivity contribution is 5.76. The van der Waals surface area contributed by atoms with E-state index in [2.05, 4.69) is 67.5 Å². The van der Waals surface area contributed by atoms with Crippen molar-refractivity contribution < 1.29 is 4.79 Å². The molecule has 1 aromatic carbocycles. The maximum absolute atomic E-state index is 11.4. The molecule has 2 saturated heterocycles. The highest BCUT2D eigenvalue weighted by Crippen LogP contribution is 2.33. The molecule has 2 aliphatic heterocycles. The van der Waals surface area contributed by atoms with Gasteiger partial charge >= 0.3 is 0 Å². The molecule has 0 unspecified atom stereocenters. The summed E-state index contributed by atoms with van der Waals surface area (Å²) in [5.74, 6) is 1.59. The summed E-state index contributed by atoms with van der Waals surface area (Å²) in [6.45, 7) is 17.8. The van der Waals surface area contributed by atoms with E-state index in [-0.39, 0.29) is 5.91 Å². The number of anilines is 1. The van der Waals surface area contributed by atoms with Crippen LogP contribution in [-0.2, 0) is 11.3 Å². The summed E-state index contributed by atoms with van der Waals surface area (Å²) in [7, 11) is 0. The number of hydrogen-bond donors (Lipinski definition) is 1. The van der Waals surface area contributed by atoms with E-state index in [1.807, 2.05) is 0 Å². The lowest BCUT2D eigenvalue weighted by Gasteiger charge is -2.40. The maximum Gasteiger partial charge on any atom is 0.231 e. The van der Waals surface area contributed by atoms with Crippen molar-refractivity contribution >= 4 is 11.7 Å². The van der Waals surface area contributed by atoms with E-state index in [0.29, 0.717) is 12.0 Å². The Labute approximate surface area is 204 Å². The Morgan fingerprint density at radius 2 is 1.68 bits per heavy atom. The first-order valence-electron chi connectivity index (χ1n) is 12.5. The smallest absolute Gasteiger partial charge is 0.231 e. The van der Waals surface area contributed by atoms with E-state index < -0.39 is 0 Å². The number of primary amides is 1. The molecule has 1 aromatic heterocycles. The molecular formula is C27H40N6O. The third-order valence-electron chi connectivity index (χ3n) is 7.31. The first-order valence-corrected chi connectivity index (χ1v) is 12.5. The number of benzene rings is 1.